The molecule has 3 unspecified atom stereocenters. The van der Waals surface area contributed by atoms with E-state index in [1.54, 1.807) is 7.11 Å². The summed E-state index contributed by atoms with van der Waals surface area (Å²) < 4.78 is 11.3. The van der Waals surface area contributed by atoms with Crippen LogP contribution < -0.4 is 10.1 Å². The van der Waals surface area contributed by atoms with Gasteiger partial charge in [0.05, 0.1) is 31.9 Å². The van der Waals surface area contributed by atoms with Gasteiger partial charge in [0.1, 0.15) is 5.75 Å². The minimum Gasteiger partial charge on any atom is -0.496 e. The molecule has 0 radical (unpaired) electrons. The Balaban J connectivity index is 1.72. The second-order valence-electron chi connectivity index (χ2n) is 6.99. The zero-order valence-corrected chi connectivity index (χ0v) is 15.4. The molecule has 3 rings (SSSR count). The van der Waals surface area contributed by atoms with Crippen molar-refractivity contribution >= 4 is 5.91 Å². The van der Waals surface area contributed by atoms with Crippen LogP contribution in [0, 0.1) is 0 Å². The van der Waals surface area contributed by atoms with Gasteiger partial charge in [0.25, 0.3) is 0 Å². The van der Waals surface area contributed by atoms with Gasteiger partial charge < -0.3 is 19.7 Å². The average molecular weight is 347 g/mol. The summed E-state index contributed by atoms with van der Waals surface area (Å²) in [6.45, 7) is 8.41. The molecule has 2 aliphatic rings. The number of rotatable bonds is 4. The number of para-hydroxylation sites is 1. The van der Waals surface area contributed by atoms with E-state index in [9.17, 15) is 4.79 Å². The molecule has 3 atom stereocenters. The van der Waals surface area contributed by atoms with E-state index in [0.29, 0.717) is 19.6 Å². The number of carbonyl (C=O) groups excluding carboxylic acids is 1. The summed E-state index contributed by atoms with van der Waals surface area (Å²) in [5, 5.41) is 3.44. The van der Waals surface area contributed by atoms with E-state index in [-0.39, 0.29) is 24.2 Å². The molecule has 2 heterocycles. The van der Waals surface area contributed by atoms with Gasteiger partial charge in [0, 0.05) is 38.3 Å². The molecule has 6 nitrogen and oxygen atoms in total. The molecule has 1 N–H and O–H groups in total. The van der Waals surface area contributed by atoms with Crippen molar-refractivity contribution in [2.45, 2.75) is 32.1 Å². The fourth-order valence-electron chi connectivity index (χ4n) is 3.84. The van der Waals surface area contributed by atoms with Crippen LogP contribution in [0.3, 0.4) is 0 Å². The normalized spacial score (nSPS) is 28.0. The number of benzene rings is 1. The zero-order valence-electron chi connectivity index (χ0n) is 15.4. The van der Waals surface area contributed by atoms with E-state index >= 15 is 0 Å². The Morgan fingerprint density at radius 1 is 1.28 bits per heavy atom. The number of methoxy groups -OCH3 is 1. The summed E-state index contributed by atoms with van der Waals surface area (Å²) in [7, 11) is 1.70. The molecule has 25 heavy (non-hydrogen) atoms. The molecule has 0 bridgehead atoms. The highest BCUT2D eigenvalue weighted by Crippen LogP contribution is 2.30. The van der Waals surface area contributed by atoms with E-state index in [4.69, 9.17) is 9.47 Å². The van der Waals surface area contributed by atoms with Crippen LogP contribution in [0.25, 0.3) is 0 Å². The largest absolute Gasteiger partial charge is 0.496 e. The van der Waals surface area contributed by atoms with Crippen LogP contribution in [0.5, 0.6) is 5.75 Å². The maximum absolute atomic E-state index is 12.9. The third-order valence-electron chi connectivity index (χ3n) is 4.96. The lowest BCUT2D eigenvalue weighted by Crippen LogP contribution is -2.54. The molecule has 0 aromatic heterocycles. The molecule has 1 amide bonds. The Labute approximate surface area is 150 Å². The summed E-state index contributed by atoms with van der Waals surface area (Å²) >= 11 is 0. The summed E-state index contributed by atoms with van der Waals surface area (Å²) in [4.78, 5) is 17.1. The first-order chi connectivity index (χ1) is 12.1. The number of amides is 1. The highest BCUT2D eigenvalue weighted by molar-refractivity contribution is 5.78. The van der Waals surface area contributed by atoms with Crippen molar-refractivity contribution in [3.8, 4) is 5.75 Å². The molecular weight excluding hydrogens is 318 g/mol. The van der Waals surface area contributed by atoms with Gasteiger partial charge in [0.2, 0.25) is 5.91 Å². The van der Waals surface area contributed by atoms with Crippen molar-refractivity contribution in [1.29, 1.82) is 0 Å². The van der Waals surface area contributed by atoms with Gasteiger partial charge in [-0.3, -0.25) is 9.69 Å². The van der Waals surface area contributed by atoms with Crippen LogP contribution in [0.15, 0.2) is 24.3 Å². The van der Waals surface area contributed by atoms with Gasteiger partial charge in [-0.25, -0.2) is 0 Å². The van der Waals surface area contributed by atoms with Crippen molar-refractivity contribution < 1.29 is 14.3 Å². The van der Waals surface area contributed by atoms with Gasteiger partial charge in [-0.15, -0.1) is 0 Å². The minimum absolute atomic E-state index is 0.0979. The van der Waals surface area contributed by atoms with Gasteiger partial charge in [-0.05, 0) is 19.9 Å². The number of carbonyl (C=O) groups is 1. The second-order valence-corrected chi connectivity index (χ2v) is 6.99. The second kappa shape index (κ2) is 8.17. The number of nitrogens with one attached hydrogen (secondary N) is 1. The molecule has 2 saturated heterocycles. The van der Waals surface area contributed by atoms with E-state index < -0.39 is 0 Å². The topological polar surface area (TPSA) is 54.0 Å². The monoisotopic (exact) mass is 347 g/mol. The van der Waals surface area contributed by atoms with Crippen LogP contribution in [0.2, 0.25) is 0 Å². The van der Waals surface area contributed by atoms with Crippen LogP contribution in [-0.2, 0) is 9.53 Å². The molecule has 0 aliphatic carbocycles. The van der Waals surface area contributed by atoms with E-state index in [1.165, 1.54) is 0 Å². The molecule has 6 heteroatoms. The predicted molar refractivity (Wildman–Crippen MR) is 96.8 cm³/mol. The summed E-state index contributed by atoms with van der Waals surface area (Å²) in [5.41, 5.74) is 1.13. The lowest BCUT2D eigenvalue weighted by Gasteiger charge is -2.40. The standard InChI is InChI=1S/C19H29N3O3/c1-14-11-22(12-15(2)25-14)19(23)13-21-9-8-20-10-17(21)16-6-4-5-7-18(16)24-3/h4-7,14-15,17,20H,8-13H2,1-3H3. The maximum Gasteiger partial charge on any atom is 0.236 e. The summed E-state index contributed by atoms with van der Waals surface area (Å²) in [5.74, 6) is 1.06. The summed E-state index contributed by atoms with van der Waals surface area (Å²) in [6.07, 6.45) is 0.196. The molecular formula is C19H29N3O3. The number of hydrogen-bond acceptors (Lipinski definition) is 5. The first kappa shape index (κ1) is 18.2. The molecule has 0 saturated carbocycles. The fraction of sp³-hybridized carbons (Fsp3) is 0.632. The van der Waals surface area contributed by atoms with Crippen molar-refractivity contribution in [2.24, 2.45) is 0 Å². The predicted octanol–water partition coefficient (Wildman–Crippen LogP) is 1.28. The zero-order chi connectivity index (χ0) is 17.8. The molecule has 0 spiro atoms. The number of hydrogen-bond donors (Lipinski definition) is 1. The Bertz CT molecular complexity index is 585. The van der Waals surface area contributed by atoms with Gasteiger partial charge in [0.15, 0.2) is 0 Å². The highest BCUT2D eigenvalue weighted by Gasteiger charge is 2.31. The smallest absolute Gasteiger partial charge is 0.236 e. The van der Waals surface area contributed by atoms with Crippen LogP contribution in [-0.4, -0.2) is 74.3 Å². The lowest BCUT2D eigenvalue weighted by molar-refractivity contribution is -0.145. The number of nitrogens with zero attached hydrogens (tertiary/aromatic N) is 2. The number of morpholine rings is 1. The third kappa shape index (κ3) is 4.32. The lowest BCUT2D eigenvalue weighted by atomic mass is 10.0. The van der Waals surface area contributed by atoms with Gasteiger partial charge in [-0.2, -0.15) is 0 Å². The molecule has 1 aromatic carbocycles. The Morgan fingerprint density at radius 2 is 2.00 bits per heavy atom. The van der Waals surface area contributed by atoms with Crippen molar-refractivity contribution in [1.82, 2.24) is 15.1 Å². The number of piperazine rings is 1. The fourth-order valence-corrected chi connectivity index (χ4v) is 3.84. The van der Waals surface area contributed by atoms with Crippen LogP contribution in [0.1, 0.15) is 25.5 Å². The quantitative estimate of drug-likeness (QED) is 0.889. The molecule has 2 aliphatic heterocycles. The van der Waals surface area contributed by atoms with Crippen molar-refractivity contribution in [3.05, 3.63) is 29.8 Å². The van der Waals surface area contributed by atoms with Crippen molar-refractivity contribution in [3.63, 3.8) is 0 Å². The minimum atomic E-state index is 0.0979. The van der Waals surface area contributed by atoms with Gasteiger partial charge >= 0.3 is 0 Å². The maximum atomic E-state index is 12.9. The van der Waals surface area contributed by atoms with E-state index in [1.807, 2.05) is 36.9 Å². The average Bonchev–Trinajstić information content (AvgIpc) is 2.61. The van der Waals surface area contributed by atoms with E-state index in [2.05, 4.69) is 16.3 Å². The van der Waals surface area contributed by atoms with E-state index in [0.717, 1.165) is 30.9 Å². The van der Waals surface area contributed by atoms with Crippen molar-refractivity contribution in [2.75, 3.05) is 46.4 Å². The SMILES string of the molecule is COc1ccccc1C1CNCCN1CC(=O)N1CC(C)OC(C)C1. The first-order valence-corrected chi connectivity index (χ1v) is 9.09. The molecule has 138 valence electrons. The summed E-state index contributed by atoms with van der Waals surface area (Å²) in [6, 6.07) is 8.22. The Morgan fingerprint density at radius 3 is 2.72 bits per heavy atom. The molecule has 1 aromatic rings. The third-order valence-corrected chi connectivity index (χ3v) is 4.96. The Kier molecular flexibility index (Phi) is 5.93. The van der Waals surface area contributed by atoms with Crippen LogP contribution >= 0.6 is 0 Å². The first-order valence-electron chi connectivity index (χ1n) is 9.09. The highest BCUT2D eigenvalue weighted by atomic mass is 16.5. The van der Waals surface area contributed by atoms with Crippen LogP contribution in [0.4, 0.5) is 0 Å². The number of ether oxygens (including phenoxy) is 2. The molecule has 2 fully saturated rings. The Hall–Kier alpha value is -1.63. The van der Waals surface area contributed by atoms with Gasteiger partial charge in [-0.1, -0.05) is 18.2 Å².